The Morgan fingerprint density at radius 1 is 0.840 bits per heavy atom. The first-order chi connectivity index (χ1) is 12.3. The number of hydrogen-bond donors (Lipinski definition) is 0. The standard InChI is InChI=1S/C23H18O2/c1-25-21-14-8-5-11-17(21)15-20-22(16-9-3-2-4-10-16)18-12-6-7-13-19(18)23(20)24/h2-15,22H,1H3/b20-15+/t22-/m1/s1. The van der Waals surface area contributed by atoms with Crippen LogP contribution in [0.2, 0.25) is 0 Å². The van der Waals surface area contributed by atoms with Gasteiger partial charge < -0.3 is 4.74 Å². The van der Waals surface area contributed by atoms with Crippen LogP contribution in [0.1, 0.15) is 33.0 Å². The van der Waals surface area contributed by atoms with Crippen molar-refractivity contribution in [2.75, 3.05) is 7.11 Å². The van der Waals surface area contributed by atoms with Crippen molar-refractivity contribution in [1.82, 2.24) is 0 Å². The SMILES string of the molecule is COc1ccccc1/C=C1/C(=O)c2ccccc2[C@H]1c1ccccc1. The molecule has 0 N–H and O–H groups in total. The molecule has 0 heterocycles. The van der Waals surface area contributed by atoms with Crippen LogP contribution in [0, 0.1) is 0 Å². The molecule has 3 aromatic rings. The van der Waals surface area contributed by atoms with Crippen molar-refractivity contribution >= 4 is 11.9 Å². The minimum Gasteiger partial charge on any atom is -0.496 e. The van der Waals surface area contributed by atoms with Gasteiger partial charge in [0.05, 0.1) is 7.11 Å². The first-order valence-corrected chi connectivity index (χ1v) is 8.33. The van der Waals surface area contributed by atoms with Gasteiger partial charge in [-0.1, -0.05) is 72.8 Å². The highest BCUT2D eigenvalue weighted by molar-refractivity contribution is 6.17. The van der Waals surface area contributed by atoms with Gasteiger partial charge in [-0.2, -0.15) is 0 Å². The number of carbonyl (C=O) groups excluding carboxylic acids is 1. The number of fused-ring (bicyclic) bond motifs is 1. The first-order valence-electron chi connectivity index (χ1n) is 8.33. The van der Waals surface area contributed by atoms with Crippen LogP contribution in [0.3, 0.4) is 0 Å². The topological polar surface area (TPSA) is 26.3 Å². The van der Waals surface area contributed by atoms with E-state index < -0.39 is 0 Å². The van der Waals surface area contributed by atoms with Gasteiger partial charge in [-0.05, 0) is 23.3 Å². The van der Waals surface area contributed by atoms with Crippen LogP contribution in [-0.2, 0) is 0 Å². The van der Waals surface area contributed by atoms with E-state index in [1.54, 1.807) is 7.11 Å². The average Bonchev–Trinajstić information content (AvgIpc) is 2.95. The quantitative estimate of drug-likeness (QED) is 0.625. The lowest BCUT2D eigenvalue weighted by molar-refractivity contribution is 0.103. The third kappa shape index (κ3) is 2.66. The summed E-state index contributed by atoms with van der Waals surface area (Å²) in [5.74, 6) is 0.815. The normalized spacial score (nSPS) is 17.6. The van der Waals surface area contributed by atoms with Gasteiger partial charge >= 0.3 is 0 Å². The number of Topliss-reactive ketones (excluding diaryl/α,β-unsaturated/α-hetero) is 1. The smallest absolute Gasteiger partial charge is 0.190 e. The molecule has 0 spiro atoms. The maximum absolute atomic E-state index is 13.1. The molecule has 2 nitrogen and oxygen atoms in total. The zero-order valence-electron chi connectivity index (χ0n) is 14.0. The molecule has 0 aromatic heterocycles. The van der Waals surface area contributed by atoms with Crippen LogP contribution in [-0.4, -0.2) is 12.9 Å². The predicted octanol–water partition coefficient (Wildman–Crippen LogP) is 5.11. The molecule has 1 aliphatic carbocycles. The van der Waals surface area contributed by atoms with Crippen molar-refractivity contribution in [3.05, 3.63) is 107 Å². The fraction of sp³-hybridized carbons (Fsp3) is 0.0870. The van der Waals surface area contributed by atoms with Crippen molar-refractivity contribution in [2.45, 2.75) is 5.92 Å². The minimum atomic E-state index is -0.0465. The Hall–Kier alpha value is -3.13. The molecule has 4 rings (SSSR count). The number of carbonyl (C=O) groups is 1. The van der Waals surface area contributed by atoms with Gasteiger partial charge in [-0.25, -0.2) is 0 Å². The number of benzene rings is 3. The van der Waals surface area contributed by atoms with Crippen LogP contribution in [0.5, 0.6) is 5.75 Å². The molecule has 0 radical (unpaired) electrons. The van der Waals surface area contributed by atoms with Crippen LogP contribution >= 0.6 is 0 Å². The number of ether oxygens (including phenoxy) is 1. The maximum atomic E-state index is 13.1. The minimum absolute atomic E-state index is 0.0465. The largest absolute Gasteiger partial charge is 0.496 e. The van der Waals surface area contributed by atoms with Gasteiger partial charge in [-0.15, -0.1) is 0 Å². The summed E-state index contributed by atoms with van der Waals surface area (Å²) >= 11 is 0. The van der Waals surface area contributed by atoms with Gasteiger partial charge in [0.1, 0.15) is 5.75 Å². The number of methoxy groups -OCH3 is 1. The molecule has 0 bridgehead atoms. The van der Waals surface area contributed by atoms with E-state index in [0.717, 1.165) is 33.6 Å². The predicted molar refractivity (Wildman–Crippen MR) is 100 cm³/mol. The van der Waals surface area contributed by atoms with Crippen LogP contribution < -0.4 is 4.74 Å². The molecule has 0 saturated carbocycles. The number of para-hydroxylation sites is 1. The fourth-order valence-corrected chi connectivity index (χ4v) is 3.52. The van der Waals surface area contributed by atoms with E-state index in [9.17, 15) is 4.79 Å². The van der Waals surface area contributed by atoms with E-state index in [1.165, 1.54) is 0 Å². The lowest BCUT2D eigenvalue weighted by atomic mass is 9.89. The highest BCUT2D eigenvalue weighted by Crippen LogP contribution is 2.43. The zero-order valence-corrected chi connectivity index (χ0v) is 14.0. The van der Waals surface area contributed by atoms with Gasteiger partial charge in [0.2, 0.25) is 0 Å². The number of rotatable bonds is 3. The molecule has 0 aliphatic heterocycles. The van der Waals surface area contributed by atoms with Crippen molar-refractivity contribution in [2.24, 2.45) is 0 Å². The number of hydrogen-bond acceptors (Lipinski definition) is 2. The van der Waals surface area contributed by atoms with Gasteiger partial charge in [-0.3, -0.25) is 4.79 Å². The van der Waals surface area contributed by atoms with E-state index in [1.807, 2.05) is 72.8 Å². The summed E-state index contributed by atoms with van der Waals surface area (Å²) in [6.07, 6.45) is 1.97. The lowest BCUT2D eigenvalue weighted by Crippen LogP contribution is -2.02. The summed E-state index contributed by atoms with van der Waals surface area (Å²) in [4.78, 5) is 13.1. The fourth-order valence-electron chi connectivity index (χ4n) is 3.52. The molecule has 1 aliphatic rings. The monoisotopic (exact) mass is 326 g/mol. The second-order valence-corrected chi connectivity index (χ2v) is 6.10. The Bertz CT molecular complexity index is 955. The summed E-state index contributed by atoms with van der Waals surface area (Å²) in [6.45, 7) is 0. The zero-order chi connectivity index (χ0) is 17.2. The average molecular weight is 326 g/mol. The number of ketones is 1. The third-order valence-electron chi connectivity index (χ3n) is 4.67. The Kier molecular flexibility index (Phi) is 3.95. The Labute approximate surface area is 147 Å². The first kappa shape index (κ1) is 15.4. The second-order valence-electron chi connectivity index (χ2n) is 6.10. The second kappa shape index (κ2) is 6.40. The Morgan fingerprint density at radius 3 is 2.32 bits per heavy atom. The highest BCUT2D eigenvalue weighted by Gasteiger charge is 2.35. The van der Waals surface area contributed by atoms with Gasteiger partial charge in [0.15, 0.2) is 5.78 Å². The molecule has 3 aromatic carbocycles. The molecular weight excluding hydrogens is 308 g/mol. The van der Waals surface area contributed by atoms with Crippen LogP contribution in [0.4, 0.5) is 0 Å². The molecule has 122 valence electrons. The lowest BCUT2D eigenvalue weighted by Gasteiger charge is -2.14. The maximum Gasteiger partial charge on any atom is 0.190 e. The van der Waals surface area contributed by atoms with Gasteiger partial charge in [0.25, 0.3) is 0 Å². The highest BCUT2D eigenvalue weighted by atomic mass is 16.5. The summed E-state index contributed by atoms with van der Waals surface area (Å²) in [5, 5.41) is 0. The van der Waals surface area contributed by atoms with E-state index in [2.05, 4.69) is 12.1 Å². The van der Waals surface area contributed by atoms with Gasteiger partial charge in [0, 0.05) is 22.6 Å². The van der Waals surface area contributed by atoms with E-state index in [-0.39, 0.29) is 11.7 Å². The summed E-state index contributed by atoms with van der Waals surface area (Å²) in [7, 11) is 1.65. The van der Waals surface area contributed by atoms with Crippen molar-refractivity contribution in [3.8, 4) is 5.75 Å². The van der Waals surface area contributed by atoms with E-state index in [4.69, 9.17) is 4.74 Å². The summed E-state index contributed by atoms with van der Waals surface area (Å²) < 4.78 is 5.45. The van der Waals surface area contributed by atoms with Crippen molar-refractivity contribution in [1.29, 1.82) is 0 Å². The Morgan fingerprint density at radius 2 is 1.52 bits per heavy atom. The molecule has 0 amide bonds. The third-order valence-corrected chi connectivity index (χ3v) is 4.67. The van der Waals surface area contributed by atoms with Crippen LogP contribution in [0.15, 0.2) is 84.4 Å². The molecule has 0 fully saturated rings. The molecule has 0 unspecified atom stereocenters. The van der Waals surface area contributed by atoms with E-state index >= 15 is 0 Å². The van der Waals surface area contributed by atoms with Crippen LogP contribution in [0.25, 0.3) is 6.08 Å². The Balaban J connectivity index is 1.91. The molecule has 2 heteroatoms. The molecule has 25 heavy (non-hydrogen) atoms. The molecule has 0 saturated heterocycles. The summed E-state index contributed by atoms with van der Waals surface area (Å²) in [6, 6.07) is 25.8. The molecular formula is C23H18O2. The van der Waals surface area contributed by atoms with Crippen molar-refractivity contribution in [3.63, 3.8) is 0 Å². The van der Waals surface area contributed by atoms with Crippen molar-refractivity contribution < 1.29 is 9.53 Å². The summed E-state index contributed by atoms with van der Waals surface area (Å²) in [5.41, 5.74) is 4.69. The number of allylic oxidation sites excluding steroid dienone is 1. The van der Waals surface area contributed by atoms with E-state index in [0.29, 0.717) is 0 Å². The molecule has 1 atom stereocenters.